The van der Waals surface area contributed by atoms with Crippen molar-refractivity contribution in [3.05, 3.63) is 23.8 Å². The third-order valence-electron chi connectivity index (χ3n) is 4.07. The largest absolute Gasteiger partial charge is 0.486 e. The first-order chi connectivity index (χ1) is 9.33. The summed E-state index contributed by atoms with van der Waals surface area (Å²) in [5, 5.41) is 0. The van der Waals surface area contributed by atoms with E-state index in [1.165, 1.54) is 12.0 Å². The van der Waals surface area contributed by atoms with E-state index in [-0.39, 0.29) is 5.92 Å². The summed E-state index contributed by atoms with van der Waals surface area (Å²) in [6.07, 6.45) is 6.07. The minimum absolute atomic E-state index is 0.280. The third kappa shape index (κ3) is 2.91. The number of ketones is 1. The maximum atomic E-state index is 11.8. The van der Waals surface area contributed by atoms with Gasteiger partial charge in [0.2, 0.25) is 0 Å². The van der Waals surface area contributed by atoms with Gasteiger partial charge in [0, 0.05) is 12.3 Å². The van der Waals surface area contributed by atoms with Gasteiger partial charge in [-0.1, -0.05) is 12.5 Å². The van der Waals surface area contributed by atoms with Crippen LogP contribution in [-0.4, -0.2) is 19.0 Å². The zero-order chi connectivity index (χ0) is 13.1. The molecule has 102 valence electrons. The molecule has 0 bridgehead atoms. The highest BCUT2D eigenvalue weighted by Crippen LogP contribution is 2.32. The fourth-order valence-electron chi connectivity index (χ4n) is 2.94. The van der Waals surface area contributed by atoms with E-state index in [1.54, 1.807) is 0 Å². The molecule has 0 aromatic heterocycles. The van der Waals surface area contributed by atoms with E-state index in [0.29, 0.717) is 19.0 Å². The summed E-state index contributed by atoms with van der Waals surface area (Å²) in [6, 6.07) is 6.12. The lowest BCUT2D eigenvalue weighted by Crippen LogP contribution is -2.19. The zero-order valence-corrected chi connectivity index (χ0v) is 11.2. The van der Waals surface area contributed by atoms with Crippen LogP contribution in [0.4, 0.5) is 0 Å². The molecule has 19 heavy (non-hydrogen) atoms. The van der Waals surface area contributed by atoms with Crippen LogP contribution in [0.15, 0.2) is 18.2 Å². The number of ether oxygens (including phenoxy) is 2. The molecule has 3 heteroatoms. The summed E-state index contributed by atoms with van der Waals surface area (Å²) in [6.45, 7) is 1.25. The van der Waals surface area contributed by atoms with Crippen molar-refractivity contribution >= 4 is 5.78 Å². The number of hydrogen-bond donors (Lipinski definition) is 0. The van der Waals surface area contributed by atoms with E-state index in [4.69, 9.17) is 9.47 Å². The average molecular weight is 260 g/mol. The quantitative estimate of drug-likeness (QED) is 0.837. The van der Waals surface area contributed by atoms with Crippen molar-refractivity contribution < 1.29 is 14.3 Å². The van der Waals surface area contributed by atoms with Crippen LogP contribution in [0.1, 0.15) is 37.7 Å². The molecular weight excluding hydrogens is 240 g/mol. The number of aryl methyl sites for hydroxylation is 1. The maximum absolute atomic E-state index is 11.8. The Kier molecular flexibility index (Phi) is 3.72. The van der Waals surface area contributed by atoms with Crippen LogP contribution in [0, 0.1) is 5.92 Å². The fraction of sp³-hybridized carbons (Fsp3) is 0.562. The molecule has 1 aliphatic heterocycles. The Bertz CT molecular complexity index is 467. The molecule has 3 nitrogen and oxygen atoms in total. The Morgan fingerprint density at radius 2 is 1.95 bits per heavy atom. The summed E-state index contributed by atoms with van der Waals surface area (Å²) in [4.78, 5) is 11.8. The first kappa shape index (κ1) is 12.5. The van der Waals surface area contributed by atoms with Gasteiger partial charge in [0.1, 0.15) is 19.0 Å². The molecule has 1 atom stereocenters. The van der Waals surface area contributed by atoms with Crippen LogP contribution in [0.3, 0.4) is 0 Å². The smallest absolute Gasteiger partial charge is 0.161 e. The van der Waals surface area contributed by atoms with E-state index in [0.717, 1.165) is 43.6 Å². The molecule has 1 fully saturated rings. The molecule has 0 radical (unpaired) electrons. The summed E-state index contributed by atoms with van der Waals surface area (Å²) < 4.78 is 11.1. The molecule has 1 unspecified atom stereocenters. The summed E-state index contributed by atoms with van der Waals surface area (Å²) in [5.74, 6) is 2.42. The lowest BCUT2D eigenvalue weighted by atomic mass is 9.84. The van der Waals surface area contributed by atoms with Crippen molar-refractivity contribution in [3.63, 3.8) is 0 Å². The van der Waals surface area contributed by atoms with Crippen LogP contribution >= 0.6 is 0 Å². The van der Waals surface area contributed by atoms with Gasteiger partial charge in [-0.05, 0) is 43.4 Å². The first-order valence-corrected chi connectivity index (χ1v) is 7.24. The van der Waals surface area contributed by atoms with Gasteiger partial charge >= 0.3 is 0 Å². The van der Waals surface area contributed by atoms with Gasteiger partial charge in [-0.3, -0.25) is 4.79 Å². The second-order valence-corrected chi connectivity index (χ2v) is 5.43. The topological polar surface area (TPSA) is 35.5 Å². The normalized spacial score (nSPS) is 22.3. The predicted molar refractivity (Wildman–Crippen MR) is 72.7 cm³/mol. The van der Waals surface area contributed by atoms with Gasteiger partial charge in [0.15, 0.2) is 11.5 Å². The van der Waals surface area contributed by atoms with E-state index < -0.39 is 0 Å². The Hall–Kier alpha value is -1.51. The molecule has 0 spiro atoms. The van der Waals surface area contributed by atoms with E-state index >= 15 is 0 Å². The van der Waals surface area contributed by atoms with E-state index in [2.05, 4.69) is 12.1 Å². The van der Waals surface area contributed by atoms with Crippen LogP contribution < -0.4 is 9.47 Å². The average Bonchev–Trinajstić information content (AvgIpc) is 2.46. The Balaban J connectivity index is 1.62. The second kappa shape index (κ2) is 5.64. The molecule has 1 saturated carbocycles. The first-order valence-electron chi connectivity index (χ1n) is 7.24. The van der Waals surface area contributed by atoms with Crippen molar-refractivity contribution in [1.29, 1.82) is 0 Å². The van der Waals surface area contributed by atoms with Crippen molar-refractivity contribution in [3.8, 4) is 11.5 Å². The number of carbonyl (C=O) groups is 1. The van der Waals surface area contributed by atoms with Crippen molar-refractivity contribution in [2.24, 2.45) is 5.92 Å². The predicted octanol–water partition coefficient (Wildman–Crippen LogP) is 3.15. The number of rotatable bonds is 3. The van der Waals surface area contributed by atoms with Crippen molar-refractivity contribution in [1.82, 2.24) is 0 Å². The van der Waals surface area contributed by atoms with Gasteiger partial charge < -0.3 is 9.47 Å². The summed E-state index contributed by atoms with van der Waals surface area (Å²) >= 11 is 0. The highest BCUT2D eigenvalue weighted by molar-refractivity contribution is 5.81. The molecule has 0 amide bonds. The van der Waals surface area contributed by atoms with Gasteiger partial charge in [0.25, 0.3) is 0 Å². The van der Waals surface area contributed by atoms with Gasteiger partial charge in [0.05, 0.1) is 0 Å². The second-order valence-electron chi connectivity index (χ2n) is 5.43. The minimum atomic E-state index is 0.280. The van der Waals surface area contributed by atoms with Gasteiger partial charge in [-0.25, -0.2) is 0 Å². The molecule has 2 aliphatic rings. The zero-order valence-electron chi connectivity index (χ0n) is 11.2. The standard InChI is InChI=1S/C16H20O3/c17-14-4-2-1-3-13(14)7-5-12-6-8-15-16(11-12)19-10-9-18-15/h6,8,11,13H,1-5,7,9-10H2. The number of benzene rings is 1. The number of carbonyl (C=O) groups excluding carboxylic acids is 1. The molecule has 1 aliphatic carbocycles. The fourth-order valence-corrected chi connectivity index (χ4v) is 2.94. The molecule has 1 aromatic carbocycles. The number of hydrogen-bond acceptors (Lipinski definition) is 3. The van der Waals surface area contributed by atoms with E-state index in [9.17, 15) is 4.79 Å². The highest BCUT2D eigenvalue weighted by Gasteiger charge is 2.22. The Labute approximate surface area is 113 Å². The molecule has 1 heterocycles. The molecule has 1 aromatic rings. The number of Topliss-reactive ketones (excluding diaryl/α,β-unsaturated/α-hetero) is 1. The lowest BCUT2D eigenvalue weighted by molar-refractivity contribution is -0.124. The Morgan fingerprint density at radius 3 is 2.79 bits per heavy atom. The van der Waals surface area contributed by atoms with Crippen molar-refractivity contribution in [2.45, 2.75) is 38.5 Å². The minimum Gasteiger partial charge on any atom is -0.486 e. The van der Waals surface area contributed by atoms with Gasteiger partial charge in [-0.15, -0.1) is 0 Å². The third-order valence-corrected chi connectivity index (χ3v) is 4.07. The van der Waals surface area contributed by atoms with Crippen molar-refractivity contribution in [2.75, 3.05) is 13.2 Å². The molecule has 0 N–H and O–H groups in total. The summed E-state index contributed by atoms with van der Waals surface area (Å²) in [5.41, 5.74) is 1.24. The SMILES string of the molecule is O=C1CCCCC1CCc1ccc2c(c1)OCCO2. The molecular formula is C16H20O3. The Morgan fingerprint density at radius 1 is 1.11 bits per heavy atom. The van der Waals surface area contributed by atoms with E-state index in [1.807, 2.05) is 6.07 Å². The number of fused-ring (bicyclic) bond motifs is 1. The monoisotopic (exact) mass is 260 g/mol. The highest BCUT2D eigenvalue weighted by atomic mass is 16.6. The lowest BCUT2D eigenvalue weighted by Gasteiger charge is -2.21. The van der Waals surface area contributed by atoms with Crippen LogP contribution in [0.25, 0.3) is 0 Å². The molecule has 3 rings (SSSR count). The summed E-state index contributed by atoms with van der Waals surface area (Å²) in [7, 11) is 0. The van der Waals surface area contributed by atoms with Crippen LogP contribution in [0.2, 0.25) is 0 Å². The van der Waals surface area contributed by atoms with Crippen LogP contribution in [0.5, 0.6) is 11.5 Å². The molecule has 0 saturated heterocycles. The van der Waals surface area contributed by atoms with Gasteiger partial charge in [-0.2, -0.15) is 0 Å². The van der Waals surface area contributed by atoms with Crippen LogP contribution in [-0.2, 0) is 11.2 Å². The maximum Gasteiger partial charge on any atom is 0.161 e.